The zero-order chi connectivity index (χ0) is 16.6. The lowest BCUT2D eigenvalue weighted by Gasteiger charge is -2.07. The zero-order valence-corrected chi connectivity index (χ0v) is 12.9. The summed E-state index contributed by atoms with van der Waals surface area (Å²) in [6.07, 6.45) is 0. The molecule has 0 saturated heterocycles. The topological polar surface area (TPSA) is 34.1 Å². The summed E-state index contributed by atoms with van der Waals surface area (Å²) in [7, 11) is 0. The van der Waals surface area contributed by atoms with E-state index in [-0.39, 0.29) is 17.1 Å². The maximum absolute atomic E-state index is 14.3. The highest BCUT2D eigenvalue weighted by Gasteiger charge is 2.29. The Labute approximate surface area is 133 Å². The minimum Gasteiger partial charge on any atom is -0.294 e. The fourth-order valence-electron chi connectivity index (χ4n) is 3.04. The van der Waals surface area contributed by atoms with Gasteiger partial charge in [-0.3, -0.25) is 9.59 Å². The van der Waals surface area contributed by atoms with Gasteiger partial charge in [0.15, 0.2) is 11.6 Å². The second-order valence-electron chi connectivity index (χ2n) is 5.46. The third-order valence-corrected chi connectivity index (χ3v) is 3.92. The smallest absolute Gasteiger partial charge is 0.161 e. The number of rotatable bonds is 3. The van der Waals surface area contributed by atoms with Crippen molar-refractivity contribution in [3.8, 4) is 22.3 Å². The molecule has 0 spiro atoms. The van der Waals surface area contributed by atoms with Crippen molar-refractivity contribution in [3.05, 3.63) is 71.5 Å². The number of benzene rings is 1. The predicted molar refractivity (Wildman–Crippen MR) is 88.5 cm³/mol. The number of halogens is 1. The SMILES string of the molecule is CC(=O)c1c2cccccc-2c(C(C)=O)c1-c1ccccc1F. The van der Waals surface area contributed by atoms with Crippen LogP contribution in [0.25, 0.3) is 22.3 Å². The Morgan fingerprint density at radius 3 is 1.61 bits per heavy atom. The molecular formula is C20H15FO2. The van der Waals surface area contributed by atoms with Crippen LogP contribution in [0.3, 0.4) is 0 Å². The van der Waals surface area contributed by atoms with Crippen LogP contribution in [0.4, 0.5) is 4.39 Å². The molecule has 2 aliphatic carbocycles. The molecule has 3 rings (SSSR count). The van der Waals surface area contributed by atoms with Gasteiger partial charge in [-0.15, -0.1) is 0 Å². The number of ketones is 2. The van der Waals surface area contributed by atoms with E-state index in [1.54, 1.807) is 30.3 Å². The van der Waals surface area contributed by atoms with Crippen LogP contribution in [0.2, 0.25) is 0 Å². The van der Waals surface area contributed by atoms with Crippen LogP contribution in [0.1, 0.15) is 34.6 Å². The Balaban J connectivity index is 2.54. The highest BCUT2D eigenvalue weighted by Crippen LogP contribution is 2.43. The Morgan fingerprint density at radius 2 is 1.13 bits per heavy atom. The van der Waals surface area contributed by atoms with E-state index >= 15 is 0 Å². The van der Waals surface area contributed by atoms with E-state index in [0.717, 1.165) is 0 Å². The average Bonchev–Trinajstić information content (AvgIpc) is 2.64. The molecular weight excluding hydrogens is 291 g/mol. The minimum atomic E-state index is -0.447. The van der Waals surface area contributed by atoms with Gasteiger partial charge in [0.1, 0.15) is 5.82 Å². The zero-order valence-electron chi connectivity index (χ0n) is 12.9. The molecule has 0 heterocycles. The summed E-state index contributed by atoms with van der Waals surface area (Å²) >= 11 is 0. The van der Waals surface area contributed by atoms with Crippen LogP contribution in [-0.2, 0) is 0 Å². The summed E-state index contributed by atoms with van der Waals surface area (Å²) in [6.45, 7) is 2.88. The van der Waals surface area contributed by atoms with Crippen LogP contribution in [0.5, 0.6) is 0 Å². The lowest BCUT2D eigenvalue weighted by atomic mass is 9.96. The summed E-state index contributed by atoms with van der Waals surface area (Å²) in [5, 5.41) is 0. The summed E-state index contributed by atoms with van der Waals surface area (Å²) in [5.74, 6) is -0.823. The van der Waals surface area contributed by atoms with Crippen molar-refractivity contribution in [1.82, 2.24) is 0 Å². The molecule has 23 heavy (non-hydrogen) atoms. The normalized spacial score (nSPS) is 10.7. The Morgan fingerprint density at radius 1 is 0.696 bits per heavy atom. The van der Waals surface area contributed by atoms with Crippen molar-refractivity contribution in [3.63, 3.8) is 0 Å². The molecule has 0 fully saturated rings. The third kappa shape index (κ3) is 2.44. The lowest BCUT2D eigenvalue weighted by Crippen LogP contribution is -1.99. The molecule has 2 aliphatic rings. The largest absolute Gasteiger partial charge is 0.294 e. The number of carbonyl (C=O) groups excluding carboxylic acids is 2. The number of hydrogen-bond donors (Lipinski definition) is 0. The van der Waals surface area contributed by atoms with E-state index in [1.807, 2.05) is 18.2 Å². The molecule has 1 aromatic carbocycles. The molecule has 0 bridgehead atoms. The summed E-state index contributed by atoms with van der Waals surface area (Å²) in [5.41, 5.74) is 2.81. The lowest BCUT2D eigenvalue weighted by molar-refractivity contribution is 0.101. The number of carbonyl (C=O) groups is 2. The molecule has 0 aliphatic heterocycles. The van der Waals surface area contributed by atoms with Crippen molar-refractivity contribution < 1.29 is 14.0 Å². The maximum Gasteiger partial charge on any atom is 0.161 e. The van der Waals surface area contributed by atoms with Gasteiger partial charge in [-0.25, -0.2) is 4.39 Å². The van der Waals surface area contributed by atoms with Gasteiger partial charge in [-0.2, -0.15) is 0 Å². The number of hydrogen-bond acceptors (Lipinski definition) is 2. The van der Waals surface area contributed by atoms with Gasteiger partial charge < -0.3 is 0 Å². The Hall–Kier alpha value is -2.81. The molecule has 1 aromatic rings. The Kier molecular flexibility index (Phi) is 3.78. The maximum atomic E-state index is 14.3. The quantitative estimate of drug-likeness (QED) is 0.638. The van der Waals surface area contributed by atoms with E-state index in [1.165, 1.54) is 19.9 Å². The van der Waals surface area contributed by atoms with Gasteiger partial charge in [-0.05, 0) is 31.0 Å². The molecule has 3 heteroatoms. The molecule has 0 atom stereocenters. The van der Waals surface area contributed by atoms with Crippen molar-refractivity contribution in [2.45, 2.75) is 13.8 Å². The first-order valence-corrected chi connectivity index (χ1v) is 7.34. The van der Waals surface area contributed by atoms with E-state index in [0.29, 0.717) is 27.8 Å². The predicted octanol–water partition coefficient (Wildman–Crippen LogP) is 5.00. The first-order chi connectivity index (χ1) is 11.0. The standard InChI is InChI=1S/C20H15FO2/c1-12(22)18-14-8-4-3-5-9-15(14)19(13(2)23)20(18)16-10-6-7-11-17(16)21/h3-11H,1-2H3. The fourth-order valence-corrected chi connectivity index (χ4v) is 3.04. The molecule has 0 N–H and O–H groups in total. The molecule has 0 amide bonds. The van der Waals surface area contributed by atoms with Crippen molar-refractivity contribution in [2.75, 3.05) is 0 Å². The van der Waals surface area contributed by atoms with Crippen LogP contribution in [-0.4, -0.2) is 11.6 Å². The van der Waals surface area contributed by atoms with Crippen molar-refractivity contribution in [1.29, 1.82) is 0 Å². The van der Waals surface area contributed by atoms with E-state index in [2.05, 4.69) is 0 Å². The van der Waals surface area contributed by atoms with E-state index < -0.39 is 5.82 Å². The second-order valence-corrected chi connectivity index (χ2v) is 5.46. The first-order valence-electron chi connectivity index (χ1n) is 7.34. The van der Waals surface area contributed by atoms with Gasteiger partial charge in [-0.1, -0.05) is 48.5 Å². The number of fused-ring (bicyclic) bond motifs is 1. The summed E-state index contributed by atoms with van der Waals surface area (Å²) in [6, 6.07) is 15.3. The summed E-state index contributed by atoms with van der Waals surface area (Å²) in [4.78, 5) is 24.5. The minimum absolute atomic E-state index is 0.188. The molecule has 0 saturated carbocycles. The highest BCUT2D eigenvalue weighted by molar-refractivity contribution is 6.19. The van der Waals surface area contributed by atoms with Crippen molar-refractivity contribution >= 4 is 11.6 Å². The summed E-state index contributed by atoms with van der Waals surface area (Å²) < 4.78 is 14.3. The van der Waals surface area contributed by atoms with Crippen LogP contribution < -0.4 is 0 Å². The van der Waals surface area contributed by atoms with Gasteiger partial charge in [0.25, 0.3) is 0 Å². The first kappa shape index (κ1) is 15.1. The molecule has 0 unspecified atom stereocenters. The molecule has 2 nitrogen and oxygen atoms in total. The van der Waals surface area contributed by atoms with Gasteiger partial charge >= 0.3 is 0 Å². The average molecular weight is 306 g/mol. The van der Waals surface area contributed by atoms with Crippen LogP contribution >= 0.6 is 0 Å². The van der Waals surface area contributed by atoms with Crippen LogP contribution in [0.15, 0.2) is 54.6 Å². The van der Waals surface area contributed by atoms with Crippen LogP contribution in [0, 0.1) is 5.82 Å². The molecule has 114 valence electrons. The Bertz CT molecular complexity index is 847. The molecule has 0 aromatic heterocycles. The third-order valence-electron chi connectivity index (χ3n) is 3.92. The fraction of sp³-hybridized carbons (Fsp3) is 0.100. The van der Waals surface area contributed by atoms with Gasteiger partial charge in [0.05, 0.1) is 0 Å². The number of Topliss-reactive ketones (excluding diaryl/α,β-unsaturated/α-hetero) is 2. The second kappa shape index (κ2) is 5.76. The van der Waals surface area contributed by atoms with Gasteiger partial charge in [0, 0.05) is 22.3 Å². The highest BCUT2D eigenvalue weighted by atomic mass is 19.1. The van der Waals surface area contributed by atoms with Gasteiger partial charge in [0.2, 0.25) is 0 Å². The molecule has 0 radical (unpaired) electrons. The monoisotopic (exact) mass is 306 g/mol. The van der Waals surface area contributed by atoms with E-state index in [4.69, 9.17) is 0 Å². The van der Waals surface area contributed by atoms with Crippen molar-refractivity contribution in [2.24, 2.45) is 0 Å². The van der Waals surface area contributed by atoms with E-state index in [9.17, 15) is 14.0 Å².